The zero-order chi connectivity index (χ0) is 20.0. The van der Waals surface area contributed by atoms with Crippen LogP contribution in [0.25, 0.3) is 10.9 Å². The zero-order valence-electron chi connectivity index (χ0n) is 14.4. The highest BCUT2D eigenvalue weighted by Gasteiger charge is 2.28. The van der Waals surface area contributed by atoms with Gasteiger partial charge in [-0.3, -0.25) is 14.4 Å². The van der Waals surface area contributed by atoms with E-state index in [4.69, 9.17) is 11.5 Å². The molecule has 0 aliphatic carbocycles. The molecule has 0 bridgehead atoms. The van der Waals surface area contributed by atoms with Gasteiger partial charge in [0.05, 0.1) is 13.0 Å². The van der Waals surface area contributed by atoms with Crippen molar-refractivity contribution in [1.82, 2.24) is 15.6 Å². The van der Waals surface area contributed by atoms with Gasteiger partial charge in [0.1, 0.15) is 12.1 Å². The summed E-state index contributed by atoms with van der Waals surface area (Å²) in [6.07, 6.45) is 1.21. The number of rotatable bonds is 9. The van der Waals surface area contributed by atoms with E-state index in [1.54, 1.807) is 6.20 Å². The molecule has 1 heterocycles. The summed E-state index contributed by atoms with van der Waals surface area (Å²) < 4.78 is 0. The van der Waals surface area contributed by atoms with Crippen LogP contribution >= 0.6 is 0 Å². The number of carbonyl (C=O) groups is 4. The van der Waals surface area contributed by atoms with Gasteiger partial charge in [-0.25, -0.2) is 4.79 Å². The molecule has 2 aromatic rings. The van der Waals surface area contributed by atoms with E-state index in [1.165, 1.54) is 0 Å². The van der Waals surface area contributed by atoms with Crippen molar-refractivity contribution in [3.8, 4) is 0 Å². The second-order valence-electron chi connectivity index (χ2n) is 5.96. The van der Waals surface area contributed by atoms with Gasteiger partial charge < -0.3 is 32.2 Å². The fraction of sp³-hybridized carbons (Fsp3) is 0.294. The highest BCUT2D eigenvalue weighted by Crippen LogP contribution is 2.19. The van der Waals surface area contributed by atoms with Crippen LogP contribution in [0.1, 0.15) is 12.0 Å². The summed E-state index contributed by atoms with van der Waals surface area (Å²) in [5.74, 6) is -3.57. The van der Waals surface area contributed by atoms with E-state index in [0.29, 0.717) is 5.56 Å². The van der Waals surface area contributed by atoms with Crippen molar-refractivity contribution in [2.45, 2.75) is 24.9 Å². The monoisotopic (exact) mass is 375 g/mol. The SMILES string of the molecule is NCC(=O)NC(CC(N)=O)C(=O)NC(Cc1c[nH]c2ccccc12)C(=O)O. The van der Waals surface area contributed by atoms with Gasteiger partial charge in [0.25, 0.3) is 0 Å². The van der Waals surface area contributed by atoms with Gasteiger partial charge >= 0.3 is 5.97 Å². The number of benzene rings is 1. The Hall–Kier alpha value is -3.40. The maximum absolute atomic E-state index is 12.4. The fourth-order valence-corrected chi connectivity index (χ4v) is 2.66. The first kappa shape index (κ1) is 19.9. The average molecular weight is 375 g/mol. The van der Waals surface area contributed by atoms with Crippen molar-refractivity contribution in [3.05, 3.63) is 36.0 Å². The first-order valence-electron chi connectivity index (χ1n) is 8.17. The minimum atomic E-state index is -1.30. The first-order chi connectivity index (χ1) is 12.8. The Morgan fingerprint density at radius 2 is 1.81 bits per heavy atom. The van der Waals surface area contributed by atoms with E-state index < -0.39 is 42.2 Å². The van der Waals surface area contributed by atoms with Crippen LogP contribution in [0, 0.1) is 0 Å². The Morgan fingerprint density at radius 3 is 2.44 bits per heavy atom. The quantitative estimate of drug-likeness (QED) is 0.313. The van der Waals surface area contributed by atoms with Gasteiger partial charge in [-0.15, -0.1) is 0 Å². The Kier molecular flexibility index (Phi) is 6.50. The van der Waals surface area contributed by atoms with Gasteiger partial charge in [-0.05, 0) is 11.6 Å². The minimum Gasteiger partial charge on any atom is -0.480 e. The maximum Gasteiger partial charge on any atom is 0.326 e. The second-order valence-corrected chi connectivity index (χ2v) is 5.96. The third kappa shape index (κ3) is 5.28. The van der Waals surface area contributed by atoms with Gasteiger partial charge in [-0.2, -0.15) is 0 Å². The molecular weight excluding hydrogens is 354 g/mol. The number of carboxylic acids is 1. The number of fused-ring (bicyclic) bond motifs is 1. The van der Waals surface area contributed by atoms with Crippen molar-refractivity contribution < 1.29 is 24.3 Å². The molecule has 0 fully saturated rings. The summed E-state index contributed by atoms with van der Waals surface area (Å²) in [7, 11) is 0. The van der Waals surface area contributed by atoms with Gasteiger partial charge in [0, 0.05) is 23.5 Å². The number of hydrogen-bond donors (Lipinski definition) is 6. The Bertz CT molecular complexity index is 862. The van der Waals surface area contributed by atoms with Crippen LogP contribution < -0.4 is 22.1 Å². The van der Waals surface area contributed by atoms with Crippen molar-refractivity contribution in [2.75, 3.05) is 6.54 Å². The lowest BCUT2D eigenvalue weighted by atomic mass is 10.0. The summed E-state index contributed by atoms with van der Waals surface area (Å²) in [6.45, 7) is -0.389. The minimum absolute atomic E-state index is 0.0131. The molecule has 1 aromatic heterocycles. The molecule has 1 aromatic carbocycles. The molecule has 27 heavy (non-hydrogen) atoms. The summed E-state index contributed by atoms with van der Waals surface area (Å²) in [5, 5.41) is 14.9. The standard InChI is InChI=1S/C17H21N5O5/c18-7-15(24)21-12(6-14(19)23)16(25)22-13(17(26)27)5-9-8-20-11-4-2-1-3-10(9)11/h1-4,8,12-13,20H,5-7,18H2,(H2,19,23)(H,21,24)(H,22,25)(H,26,27). The van der Waals surface area contributed by atoms with Crippen LogP contribution in [-0.2, 0) is 25.6 Å². The molecule has 2 rings (SSSR count). The lowest BCUT2D eigenvalue weighted by Gasteiger charge is -2.20. The van der Waals surface area contributed by atoms with E-state index in [9.17, 15) is 24.3 Å². The topological polar surface area (TPSA) is 180 Å². The van der Waals surface area contributed by atoms with Crippen molar-refractivity contribution in [1.29, 1.82) is 0 Å². The number of para-hydroxylation sites is 1. The zero-order valence-corrected chi connectivity index (χ0v) is 14.4. The van der Waals surface area contributed by atoms with Crippen LogP contribution in [-0.4, -0.2) is 52.4 Å². The average Bonchev–Trinajstić information content (AvgIpc) is 3.03. The molecule has 144 valence electrons. The highest BCUT2D eigenvalue weighted by molar-refractivity contribution is 5.94. The molecule has 10 heteroatoms. The van der Waals surface area contributed by atoms with E-state index in [2.05, 4.69) is 15.6 Å². The Morgan fingerprint density at radius 1 is 1.11 bits per heavy atom. The number of H-pyrrole nitrogens is 1. The largest absolute Gasteiger partial charge is 0.480 e. The summed E-state index contributed by atoms with van der Waals surface area (Å²) in [4.78, 5) is 49.6. The number of nitrogens with one attached hydrogen (secondary N) is 3. The number of primary amides is 1. The number of hydrogen-bond acceptors (Lipinski definition) is 5. The number of carboxylic acid groups (broad SMARTS) is 1. The van der Waals surface area contributed by atoms with E-state index in [1.807, 2.05) is 24.3 Å². The van der Waals surface area contributed by atoms with Crippen LogP contribution in [0.15, 0.2) is 30.5 Å². The van der Waals surface area contributed by atoms with Gasteiger partial charge in [0.15, 0.2) is 0 Å². The van der Waals surface area contributed by atoms with Crippen LogP contribution in [0.3, 0.4) is 0 Å². The summed E-state index contributed by atoms with van der Waals surface area (Å²) >= 11 is 0. The third-order valence-electron chi connectivity index (χ3n) is 3.96. The smallest absolute Gasteiger partial charge is 0.326 e. The Balaban J connectivity index is 2.15. The number of aliphatic carboxylic acids is 1. The van der Waals surface area contributed by atoms with Gasteiger partial charge in [0.2, 0.25) is 17.7 Å². The van der Waals surface area contributed by atoms with Gasteiger partial charge in [-0.1, -0.05) is 18.2 Å². The number of carbonyl (C=O) groups excluding carboxylic acids is 3. The lowest BCUT2D eigenvalue weighted by Crippen LogP contribution is -2.54. The summed E-state index contributed by atoms with van der Waals surface area (Å²) in [6, 6.07) is 4.77. The van der Waals surface area contributed by atoms with Crippen molar-refractivity contribution in [2.24, 2.45) is 11.5 Å². The van der Waals surface area contributed by atoms with Crippen molar-refractivity contribution >= 4 is 34.6 Å². The normalized spacial score (nSPS) is 12.9. The molecule has 2 unspecified atom stereocenters. The predicted octanol–water partition coefficient (Wildman–Crippen LogP) is -1.40. The third-order valence-corrected chi connectivity index (χ3v) is 3.96. The number of nitrogens with two attached hydrogens (primary N) is 2. The Labute approximate surface area is 154 Å². The van der Waals surface area contributed by atoms with Crippen LogP contribution in [0.2, 0.25) is 0 Å². The van der Waals surface area contributed by atoms with Crippen LogP contribution in [0.4, 0.5) is 0 Å². The predicted molar refractivity (Wildman–Crippen MR) is 96.4 cm³/mol. The molecule has 0 aliphatic heterocycles. The number of amides is 3. The molecule has 3 amide bonds. The number of aromatic amines is 1. The summed E-state index contributed by atoms with van der Waals surface area (Å²) in [5.41, 5.74) is 11.8. The second kappa shape index (κ2) is 8.81. The molecular formula is C17H21N5O5. The number of aromatic nitrogens is 1. The lowest BCUT2D eigenvalue weighted by molar-refractivity contribution is -0.142. The van der Waals surface area contributed by atoms with E-state index in [-0.39, 0.29) is 13.0 Å². The maximum atomic E-state index is 12.4. The first-order valence-corrected chi connectivity index (χ1v) is 8.17. The van der Waals surface area contributed by atoms with E-state index >= 15 is 0 Å². The molecule has 0 aliphatic rings. The molecule has 0 saturated carbocycles. The van der Waals surface area contributed by atoms with Crippen LogP contribution in [0.5, 0.6) is 0 Å². The molecule has 0 saturated heterocycles. The fourth-order valence-electron chi connectivity index (χ4n) is 2.66. The molecule has 10 nitrogen and oxygen atoms in total. The molecule has 0 radical (unpaired) electrons. The van der Waals surface area contributed by atoms with Crippen molar-refractivity contribution in [3.63, 3.8) is 0 Å². The molecule has 2 atom stereocenters. The highest BCUT2D eigenvalue weighted by atomic mass is 16.4. The molecule has 8 N–H and O–H groups in total. The van der Waals surface area contributed by atoms with E-state index in [0.717, 1.165) is 10.9 Å². The molecule has 0 spiro atoms.